The molecule has 1 saturated heterocycles. The predicted octanol–water partition coefficient (Wildman–Crippen LogP) is 0.821. The van der Waals surface area contributed by atoms with Crippen molar-refractivity contribution in [2.75, 3.05) is 39.8 Å². The van der Waals surface area contributed by atoms with Crippen molar-refractivity contribution in [1.82, 2.24) is 38.7 Å². The summed E-state index contributed by atoms with van der Waals surface area (Å²) in [6.07, 6.45) is 5.03. The van der Waals surface area contributed by atoms with Gasteiger partial charge in [0.15, 0.2) is 5.65 Å². The van der Waals surface area contributed by atoms with Gasteiger partial charge in [0, 0.05) is 45.5 Å². The van der Waals surface area contributed by atoms with E-state index < -0.39 is 0 Å². The zero-order chi connectivity index (χ0) is 23.4. The normalized spacial score (nSPS) is 15.1. The predicted molar refractivity (Wildman–Crippen MR) is 128 cm³/mol. The smallest absolute Gasteiger partial charge is 0.332 e. The Morgan fingerprint density at radius 2 is 1.70 bits per heavy atom. The van der Waals surface area contributed by atoms with Crippen LogP contribution in [-0.2, 0) is 19.6 Å². The van der Waals surface area contributed by atoms with Crippen LogP contribution in [-0.4, -0.2) is 78.5 Å². The van der Waals surface area contributed by atoms with E-state index in [0.717, 1.165) is 44.7 Å². The minimum atomic E-state index is -0.329. The molecule has 33 heavy (non-hydrogen) atoms. The third-order valence-corrected chi connectivity index (χ3v) is 5.93. The molecule has 0 unspecified atom stereocenters. The molecule has 1 fully saturated rings. The maximum absolute atomic E-state index is 12.9. The number of hydrogen-bond acceptors (Lipinski definition) is 6. The van der Waals surface area contributed by atoms with Crippen molar-refractivity contribution in [1.29, 1.82) is 0 Å². The molecule has 0 bridgehead atoms. The number of hydrogen-bond donors (Lipinski definition) is 1. The number of fused-ring (bicyclic) bond motifs is 1. The van der Waals surface area contributed by atoms with E-state index in [2.05, 4.69) is 43.8 Å². The van der Waals surface area contributed by atoms with Gasteiger partial charge in [0.1, 0.15) is 17.9 Å². The van der Waals surface area contributed by atoms with Gasteiger partial charge in [-0.05, 0) is 19.9 Å². The number of nitrogens with one attached hydrogen (secondary N) is 1. The number of nitrogens with zero attached hydrogens (tertiary/aromatic N) is 7. The molecule has 10 heteroatoms. The highest BCUT2D eigenvalue weighted by molar-refractivity contribution is 5.75. The van der Waals surface area contributed by atoms with E-state index >= 15 is 0 Å². The third-order valence-electron chi connectivity index (χ3n) is 5.93. The Kier molecular flexibility index (Phi) is 7.11. The fourth-order valence-electron chi connectivity index (χ4n) is 4.03. The van der Waals surface area contributed by atoms with Gasteiger partial charge in [-0.3, -0.25) is 23.5 Å². The minimum Gasteiger partial charge on any atom is -0.332 e. The van der Waals surface area contributed by atoms with Gasteiger partial charge in [-0.2, -0.15) is 5.10 Å². The first kappa shape index (κ1) is 23.0. The number of piperazine rings is 1. The molecule has 0 atom stereocenters. The first-order valence-electron chi connectivity index (χ1n) is 11.6. The Balaban J connectivity index is 1.54. The Labute approximate surface area is 192 Å². The molecule has 4 rings (SSSR count). The summed E-state index contributed by atoms with van der Waals surface area (Å²) in [5.74, 6) is 6.94. The van der Waals surface area contributed by atoms with Crippen LogP contribution in [0.3, 0.4) is 0 Å². The lowest BCUT2D eigenvalue weighted by atomic mass is 10.3. The highest BCUT2D eigenvalue weighted by Gasteiger charge is 2.18. The summed E-state index contributed by atoms with van der Waals surface area (Å²) >= 11 is 0. The molecule has 176 valence electrons. The Bertz CT molecular complexity index is 1280. The van der Waals surface area contributed by atoms with E-state index in [1.165, 1.54) is 4.57 Å². The topological polar surface area (TPSA) is 97.0 Å². The van der Waals surface area contributed by atoms with Gasteiger partial charge in [-0.1, -0.05) is 25.7 Å². The number of likely N-dealkylation sites (N-methyl/N-ethyl adjacent to an activating group) is 1. The van der Waals surface area contributed by atoms with Crippen molar-refractivity contribution < 1.29 is 0 Å². The number of imidazole rings is 1. The van der Waals surface area contributed by atoms with Crippen LogP contribution < -0.4 is 11.2 Å². The Morgan fingerprint density at radius 1 is 1.00 bits per heavy atom. The molecule has 0 saturated carbocycles. The van der Waals surface area contributed by atoms with Gasteiger partial charge in [-0.15, -0.1) is 0 Å². The van der Waals surface area contributed by atoms with Crippen molar-refractivity contribution in [2.24, 2.45) is 0 Å². The molecule has 0 aliphatic carbocycles. The summed E-state index contributed by atoms with van der Waals surface area (Å²) in [6.45, 7) is 10.3. The maximum Gasteiger partial charge on any atom is 0.332 e. The van der Waals surface area contributed by atoms with Crippen molar-refractivity contribution in [3.8, 4) is 23.2 Å². The lowest BCUT2D eigenvalue weighted by molar-refractivity contribution is 0.168. The maximum atomic E-state index is 12.9. The van der Waals surface area contributed by atoms with Crippen LogP contribution in [0.5, 0.6) is 0 Å². The summed E-state index contributed by atoms with van der Waals surface area (Å²) in [5, 5.41) is 4.38. The second-order valence-corrected chi connectivity index (χ2v) is 8.53. The monoisotopic (exact) mass is 452 g/mol. The molecule has 4 heterocycles. The lowest BCUT2D eigenvalue weighted by Gasteiger charge is -2.30. The molecule has 3 aromatic heterocycles. The molecule has 1 aliphatic heterocycles. The molecule has 1 N–H and O–H groups in total. The molecule has 0 aromatic carbocycles. The van der Waals surface area contributed by atoms with Crippen LogP contribution in [0.25, 0.3) is 22.6 Å². The van der Waals surface area contributed by atoms with Crippen LogP contribution in [0.4, 0.5) is 0 Å². The zero-order valence-corrected chi connectivity index (χ0v) is 19.7. The van der Waals surface area contributed by atoms with E-state index in [1.54, 1.807) is 15.4 Å². The average Bonchev–Trinajstić information content (AvgIpc) is 3.46. The number of aromatic amines is 1. The van der Waals surface area contributed by atoms with E-state index in [1.807, 2.05) is 20.0 Å². The van der Waals surface area contributed by atoms with E-state index in [9.17, 15) is 9.59 Å². The summed E-state index contributed by atoms with van der Waals surface area (Å²) in [7, 11) is 2.14. The molecule has 10 nitrogen and oxygen atoms in total. The van der Waals surface area contributed by atoms with Crippen molar-refractivity contribution in [2.45, 2.75) is 46.3 Å². The van der Waals surface area contributed by atoms with Crippen molar-refractivity contribution in [3.63, 3.8) is 0 Å². The summed E-state index contributed by atoms with van der Waals surface area (Å²) in [4.78, 5) is 38.2. The number of rotatable bonds is 7. The number of aromatic nitrogens is 6. The number of H-pyrrole nitrogens is 1. The van der Waals surface area contributed by atoms with Gasteiger partial charge >= 0.3 is 5.69 Å². The summed E-state index contributed by atoms with van der Waals surface area (Å²) in [6, 6.07) is 0. The summed E-state index contributed by atoms with van der Waals surface area (Å²) in [5.41, 5.74) is 0.870. The van der Waals surface area contributed by atoms with Crippen molar-refractivity contribution in [3.05, 3.63) is 33.2 Å². The average molecular weight is 453 g/mol. The van der Waals surface area contributed by atoms with E-state index in [4.69, 9.17) is 0 Å². The SMILES string of the molecule is CCCn1c(=O)c2[nH]c(-c3cnn(CC#CCN4CCN(C)CC4)c3)nc2n(CCC)c1=O. The summed E-state index contributed by atoms with van der Waals surface area (Å²) < 4.78 is 4.63. The Morgan fingerprint density at radius 3 is 2.42 bits per heavy atom. The molecule has 3 aromatic rings. The van der Waals surface area contributed by atoms with Crippen LogP contribution in [0.15, 0.2) is 22.0 Å². The highest BCUT2D eigenvalue weighted by Crippen LogP contribution is 2.18. The van der Waals surface area contributed by atoms with Gasteiger partial charge < -0.3 is 9.88 Å². The Hall–Kier alpha value is -3.16. The van der Waals surface area contributed by atoms with Gasteiger partial charge in [-0.25, -0.2) is 9.78 Å². The van der Waals surface area contributed by atoms with E-state index in [-0.39, 0.29) is 11.2 Å². The molecular formula is C23H32N8O2. The molecule has 1 aliphatic rings. The quantitative estimate of drug-likeness (QED) is 0.533. The fraction of sp³-hybridized carbons (Fsp3) is 0.565. The van der Waals surface area contributed by atoms with Crippen LogP contribution in [0.1, 0.15) is 26.7 Å². The molecule has 0 spiro atoms. The standard InChI is InChI=1S/C23H32N8O2/c1-4-8-30-21-19(22(32)31(9-5-2)23(30)33)25-20(26-21)18-16-24-29(17-18)11-7-6-10-28-14-12-27(3)13-15-28/h16-17H,4-5,8-15H2,1-3H3,(H,25,26). The second-order valence-electron chi connectivity index (χ2n) is 8.53. The van der Waals surface area contributed by atoms with Gasteiger partial charge in [0.2, 0.25) is 0 Å². The van der Waals surface area contributed by atoms with Gasteiger partial charge in [0.25, 0.3) is 5.56 Å². The minimum absolute atomic E-state index is 0.305. The molecular weight excluding hydrogens is 420 g/mol. The highest BCUT2D eigenvalue weighted by atomic mass is 16.2. The third kappa shape index (κ3) is 4.94. The van der Waals surface area contributed by atoms with Crippen LogP contribution in [0, 0.1) is 11.8 Å². The number of aryl methyl sites for hydroxylation is 1. The molecule has 0 radical (unpaired) electrons. The van der Waals surface area contributed by atoms with Gasteiger partial charge in [0.05, 0.1) is 18.3 Å². The fourth-order valence-corrected chi connectivity index (χ4v) is 4.03. The first-order valence-corrected chi connectivity index (χ1v) is 11.6. The second kappa shape index (κ2) is 10.2. The first-order chi connectivity index (χ1) is 16.0. The van der Waals surface area contributed by atoms with Crippen LogP contribution in [0.2, 0.25) is 0 Å². The van der Waals surface area contributed by atoms with Crippen molar-refractivity contribution >= 4 is 11.2 Å². The lowest BCUT2D eigenvalue weighted by Crippen LogP contribution is -2.44. The largest absolute Gasteiger partial charge is 0.332 e. The zero-order valence-electron chi connectivity index (χ0n) is 19.7. The van der Waals surface area contributed by atoms with E-state index in [0.29, 0.717) is 43.0 Å². The molecule has 0 amide bonds. The van der Waals surface area contributed by atoms with Crippen LogP contribution >= 0.6 is 0 Å².